The Morgan fingerprint density at radius 3 is 2.43 bits per heavy atom. The number of aromatic nitrogens is 2. The smallest absolute Gasteiger partial charge is 0.315 e. The molecule has 4 N–H and O–H groups in total. The van der Waals surface area contributed by atoms with E-state index in [2.05, 4.69) is 32.7 Å². The number of amides is 5. The molecule has 1 aromatic heterocycles. The van der Waals surface area contributed by atoms with Gasteiger partial charge >= 0.3 is 6.03 Å². The van der Waals surface area contributed by atoms with Crippen LogP contribution in [-0.2, 0) is 31.0 Å². The number of hydrogen-bond acceptors (Lipinski definition) is 9. The van der Waals surface area contributed by atoms with Crippen LogP contribution in [0.15, 0.2) is 41.2 Å². The first-order valence-electron chi connectivity index (χ1n) is 19.0. The molecule has 5 amide bonds. The summed E-state index contributed by atoms with van der Waals surface area (Å²) >= 11 is 0. The lowest BCUT2D eigenvalue weighted by Crippen LogP contribution is -2.60. The molecule has 3 fully saturated rings. The fraction of sp³-hybridized carbons (Fsp3) is 0.632. The molecule has 0 spiro atoms. The van der Waals surface area contributed by atoms with E-state index in [-0.39, 0.29) is 49.2 Å². The van der Waals surface area contributed by atoms with E-state index >= 15 is 0 Å². The van der Waals surface area contributed by atoms with Crippen molar-refractivity contribution in [3.8, 4) is 5.88 Å². The predicted molar refractivity (Wildman–Crippen MR) is 202 cm³/mol. The third-order valence-electron chi connectivity index (χ3n) is 10.8. The van der Waals surface area contributed by atoms with E-state index < -0.39 is 74.2 Å². The highest BCUT2D eigenvalue weighted by molar-refractivity contribution is 7.91. The average Bonchev–Trinajstić information content (AvgIpc) is 4.02. The summed E-state index contributed by atoms with van der Waals surface area (Å²) in [6.45, 7) is 11.5. The topological polar surface area (TPSA) is 198 Å². The number of nitrogens with one attached hydrogen (secondary N) is 4. The van der Waals surface area contributed by atoms with Gasteiger partial charge in [-0.25, -0.2) is 17.9 Å². The van der Waals surface area contributed by atoms with Crippen molar-refractivity contribution < 1.29 is 32.3 Å². The second-order valence-electron chi connectivity index (χ2n) is 16.6. The third-order valence-corrected chi connectivity index (χ3v) is 12.6. The van der Waals surface area contributed by atoms with E-state index in [4.69, 9.17) is 4.74 Å². The Morgan fingerprint density at radius 1 is 1.06 bits per heavy atom. The number of benzene rings is 1. The fourth-order valence-electron chi connectivity index (χ4n) is 7.68. The minimum absolute atomic E-state index is 0.00308. The molecule has 2 aliphatic carbocycles. The van der Waals surface area contributed by atoms with E-state index in [1.54, 1.807) is 31.2 Å². The van der Waals surface area contributed by atoms with Crippen molar-refractivity contribution in [2.45, 2.75) is 128 Å². The highest BCUT2D eigenvalue weighted by atomic mass is 32.2. The molecule has 2 aliphatic heterocycles. The first-order valence-corrected chi connectivity index (χ1v) is 20.6. The van der Waals surface area contributed by atoms with Crippen molar-refractivity contribution in [3.63, 3.8) is 0 Å². The van der Waals surface area contributed by atoms with E-state index in [0.29, 0.717) is 36.5 Å². The zero-order valence-electron chi connectivity index (χ0n) is 31.9. The van der Waals surface area contributed by atoms with E-state index in [1.165, 1.54) is 9.58 Å². The van der Waals surface area contributed by atoms with Crippen LogP contribution in [0.2, 0.25) is 0 Å². The normalized spacial score (nSPS) is 29.3. The zero-order chi connectivity index (χ0) is 39.2. The zero-order valence-corrected chi connectivity index (χ0v) is 32.7. The molecule has 15 nitrogen and oxygen atoms in total. The molecule has 16 heteroatoms. The quantitative estimate of drug-likeness (QED) is 0.306. The van der Waals surface area contributed by atoms with Crippen molar-refractivity contribution in [2.75, 3.05) is 6.54 Å². The van der Waals surface area contributed by atoms with Gasteiger partial charge < -0.3 is 25.6 Å². The maximum absolute atomic E-state index is 14.8. The molecule has 3 heterocycles. The van der Waals surface area contributed by atoms with Gasteiger partial charge in [-0.3, -0.25) is 23.9 Å². The summed E-state index contributed by atoms with van der Waals surface area (Å²) in [6, 6.07) is 4.23. The molecule has 6 rings (SSSR count). The molecular weight excluding hydrogens is 715 g/mol. The summed E-state index contributed by atoms with van der Waals surface area (Å²) in [6.07, 6.45) is 6.23. The largest absolute Gasteiger partial charge is 0.471 e. The van der Waals surface area contributed by atoms with E-state index in [0.717, 1.165) is 6.42 Å². The van der Waals surface area contributed by atoms with Crippen molar-refractivity contribution >= 4 is 44.5 Å². The van der Waals surface area contributed by atoms with Gasteiger partial charge in [-0.05, 0) is 90.2 Å². The van der Waals surface area contributed by atoms with E-state index in [9.17, 15) is 32.4 Å². The SMILES string of the molecule is CCn1nc(O[C@@H]2C[C@H]3C(=O)N[C@]4(C(=O)NS(=O)(=O)C5CC5)C[C@H]4C=CCC[C@@H](C)C[C@@H](C)[C@H](NC(=O)NC(C)(C)C)C(=O)N3C2)c2ccccc2c1=O. The third kappa shape index (κ3) is 8.42. The van der Waals surface area contributed by atoms with Gasteiger partial charge in [-0.1, -0.05) is 38.1 Å². The van der Waals surface area contributed by atoms with Crippen LogP contribution in [0, 0.1) is 17.8 Å². The standard InChI is InChI=1S/C38H53N7O8S/c1-7-45-33(47)28-15-11-10-14-27(28)32(42-45)53-25-19-29-31(46)40-38(35(49)43-54(51,52)26-16-17-26)20-24(38)13-9-8-12-22(2)18-23(3)30(34(48)44(29)21-25)39-36(50)41-37(4,5)6/h9-11,13-15,22-26,29-30H,7-8,12,16-21H2,1-6H3,(H,40,46)(H,43,49)(H2,39,41,50)/t22-,23-,24-,25-,29+,30+,38-/m1/s1. The molecule has 1 aromatic carbocycles. The van der Waals surface area contributed by atoms with Crippen LogP contribution in [0.25, 0.3) is 10.8 Å². The van der Waals surface area contributed by atoms with Crippen LogP contribution in [0.3, 0.4) is 0 Å². The maximum atomic E-state index is 14.8. The number of nitrogens with zero attached hydrogens (tertiary/aromatic N) is 3. The summed E-state index contributed by atoms with van der Waals surface area (Å²) in [5, 5.41) is 13.4. The predicted octanol–water partition coefficient (Wildman–Crippen LogP) is 2.73. The van der Waals surface area contributed by atoms with Crippen LogP contribution in [0.4, 0.5) is 4.79 Å². The van der Waals surface area contributed by atoms with Gasteiger partial charge in [0.25, 0.3) is 11.5 Å². The molecule has 7 atom stereocenters. The summed E-state index contributed by atoms with van der Waals surface area (Å²) in [7, 11) is -3.91. The first kappa shape index (κ1) is 39.2. The van der Waals surface area contributed by atoms with Gasteiger partial charge in [0.1, 0.15) is 23.7 Å². The first-order chi connectivity index (χ1) is 25.4. The van der Waals surface area contributed by atoms with Crippen LogP contribution in [-0.4, -0.2) is 87.9 Å². The second kappa shape index (κ2) is 15.0. The lowest BCUT2D eigenvalue weighted by molar-refractivity contribution is -0.142. The molecule has 2 saturated carbocycles. The van der Waals surface area contributed by atoms with Gasteiger partial charge in [-0.2, -0.15) is 0 Å². The number of hydrogen-bond donors (Lipinski definition) is 4. The van der Waals surface area contributed by atoms with Crippen molar-refractivity contribution in [1.29, 1.82) is 0 Å². The Kier molecular flexibility index (Phi) is 10.9. The lowest BCUT2D eigenvalue weighted by atomic mass is 9.88. The molecule has 54 heavy (non-hydrogen) atoms. The number of rotatable bonds is 7. The fourth-order valence-corrected chi connectivity index (χ4v) is 9.04. The number of allylic oxidation sites excluding steroid dienone is 1. The number of ether oxygens (including phenoxy) is 1. The molecule has 1 saturated heterocycles. The molecule has 0 radical (unpaired) electrons. The Bertz CT molecular complexity index is 2010. The number of carbonyl (C=O) groups excluding carboxylic acids is 4. The van der Waals surface area contributed by atoms with Gasteiger partial charge in [0, 0.05) is 24.4 Å². The Morgan fingerprint density at radius 2 is 1.76 bits per heavy atom. The Labute approximate surface area is 316 Å². The number of fused-ring (bicyclic) bond motifs is 3. The summed E-state index contributed by atoms with van der Waals surface area (Å²) in [5.41, 5.74) is -2.39. The van der Waals surface area contributed by atoms with Gasteiger partial charge in [0.15, 0.2) is 0 Å². The maximum Gasteiger partial charge on any atom is 0.315 e. The summed E-state index contributed by atoms with van der Waals surface area (Å²) < 4.78 is 35.7. The van der Waals surface area contributed by atoms with Gasteiger partial charge in [0.05, 0.1) is 22.6 Å². The minimum atomic E-state index is -3.91. The second-order valence-corrected chi connectivity index (χ2v) is 18.5. The lowest BCUT2D eigenvalue weighted by Gasteiger charge is -2.33. The minimum Gasteiger partial charge on any atom is -0.471 e. The number of carbonyl (C=O) groups is 4. The molecular formula is C38H53N7O8S. The monoisotopic (exact) mass is 767 g/mol. The number of urea groups is 1. The highest BCUT2D eigenvalue weighted by Crippen LogP contribution is 2.46. The van der Waals surface area contributed by atoms with Gasteiger partial charge in [0.2, 0.25) is 27.7 Å². The van der Waals surface area contributed by atoms with Crippen molar-refractivity contribution in [3.05, 3.63) is 46.8 Å². The highest BCUT2D eigenvalue weighted by Gasteiger charge is 2.62. The number of aryl methyl sites for hydroxylation is 1. The number of sulfonamides is 1. The summed E-state index contributed by atoms with van der Waals surface area (Å²) in [5.74, 6) is -2.38. The Balaban J connectivity index is 1.37. The van der Waals surface area contributed by atoms with Crippen molar-refractivity contribution in [1.82, 2.24) is 35.4 Å². The average molecular weight is 768 g/mol. The Hall–Kier alpha value is -4.47. The molecule has 0 bridgehead atoms. The summed E-state index contributed by atoms with van der Waals surface area (Å²) in [4.78, 5) is 70.7. The van der Waals surface area contributed by atoms with Crippen LogP contribution < -0.4 is 31.0 Å². The molecule has 2 aromatic rings. The molecule has 4 aliphatic rings. The van der Waals surface area contributed by atoms with Gasteiger partial charge in [-0.15, -0.1) is 5.10 Å². The van der Waals surface area contributed by atoms with E-state index in [1.807, 2.05) is 39.8 Å². The van der Waals surface area contributed by atoms with Crippen LogP contribution in [0.5, 0.6) is 5.88 Å². The molecule has 294 valence electrons. The molecule has 0 unspecified atom stereocenters. The van der Waals surface area contributed by atoms with Crippen LogP contribution in [0.1, 0.15) is 86.5 Å². The van der Waals surface area contributed by atoms with Crippen LogP contribution >= 0.6 is 0 Å². The van der Waals surface area contributed by atoms with Crippen molar-refractivity contribution in [2.24, 2.45) is 17.8 Å².